The molecule has 10 N–H and O–H groups in total. The topological polar surface area (TPSA) is 516 Å². The second-order valence-corrected chi connectivity index (χ2v) is 45.0. The molecule has 3 fully saturated rings. The Hall–Kier alpha value is -14.7. The number of benzene rings is 9. The summed E-state index contributed by atoms with van der Waals surface area (Å²) in [5, 5.41) is 33.2. The summed E-state index contributed by atoms with van der Waals surface area (Å²) < 4.78 is 109. The predicted octanol–water partition coefficient (Wildman–Crippen LogP) is 18.2. The second kappa shape index (κ2) is 52.5. The third kappa shape index (κ3) is 37.8. The molecule has 0 radical (unpaired) electrons. The number of carboxylic acid groups (broad SMARTS) is 2. The van der Waals surface area contributed by atoms with Gasteiger partial charge in [-0.15, -0.1) is 0 Å². The number of esters is 1. The zero-order valence-electron chi connectivity index (χ0n) is 84.0. The molecule has 12 rings (SSSR count). The summed E-state index contributed by atoms with van der Waals surface area (Å²) in [6.45, 7) is 21.3. The maximum absolute atomic E-state index is 14.2. The molecule has 0 bridgehead atoms. The fourth-order valence-electron chi connectivity index (χ4n) is 14.8. The molecule has 150 heavy (non-hydrogen) atoms. The van der Waals surface area contributed by atoms with Gasteiger partial charge in [-0.1, -0.05) is 115 Å². The summed E-state index contributed by atoms with van der Waals surface area (Å²) in [6, 6.07) is 56.3. The van der Waals surface area contributed by atoms with Gasteiger partial charge in [-0.2, -0.15) is 12.9 Å². The van der Waals surface area contributed by atoms with E-state index >= 15 is 0 Å². The van der Waals surface area contributed by atoms with Crippen LogP contribution in [0.2, 0.25) is 15.1 Å². The zero-order chi connectivity index (χ0) is 109. The van der Waals surface area contributed by atoms with E-state index < -0.39 is 119 Å². The van der Waals surface area contributed by atoms with E-state index in [1.807, 2.05) is 0 Å². The maximum atomic E-state index is 14.2. The van der Waals surface area contributed by atoms with Gasteiger partial charge in [-0.3, -0.25) is 35.7 Å². The first-order chi connectivity index (χ1) is 69.9. The molecule has 0 aromatic heterocycles. The van der Waals surface area contributed by atoms with Crippen LogP contribution in [0.3, 0.4) is 0 Å². The summed E-state index contributed by atoms with van der Waals surface area (Å²) in [4.78, 5) is 144. The quantitative estimate of drug-likeness (QED) is 0.0103. The van der Waals surface area contributed by atoms with Crippen molar-refractivity contribution in [2.24, 2.45) is 26.4 Å². The molecule has 9 aromatic carbocycles. The summed E-state index contributed by atoms with van der Waals surface area (Å²) >= 11 is 17.8. The van der Waals surface area contributed by atoms with Gasteiger partial charge in [0.25, 0.3) is 17.7 Å². The molecule has 800 valence electrons. The highest BCUT2D eigenvalue weighted by molar-refractivity contribution is 7.92. The Bertz CT molecular complexity index is 6810. The number of carbonyl (C=O) groups excluding carboxylic acids is 8. The Morgan fingerprint density at radius 1 is 0.367 bits per heavy atom. The Balaban J connectivity index is 0.000000277. The number of ether oxygens (including phenoxy) is 5. The van der Waals surface area contributed by atoms with Gasteiger partial charge in [-0.05, 0) is 300 Å². The molecule has 0 spiro atoms. The molecule has 7 amide bonds. The minimum absolute atomic E-state index is 0. The Morgan fingerprint density at radius 3 is 0.813 bits per heavy atom. The number of hydrogen-bond acceptors (Lipinski definition) is 24. The average molecular weight is 2180 g/mol. The van der Waals surface area contributed by atoms with Crippen molar-refractivity contribution in [2.45, 2.75) is 170 Å². The van der Waals surface area contributed by atoms with Crippen molar-refractivity contribution in [3.63, 3.8) is 0 Å². The summed E-state index contributed by atoms with van der Waals surface area (Å²) in [7, 11) is -10.1. The molecule has 0 saturated carbocycles. The van der Waals surface area contributed by atoms with Crippen LogP contribution in [-0.4, -0.2) is 228 Å². The van der Waals surface area contributed by atoms with Crippen LogP contribution in [0.25, 0.3) is 18.2 Å². The van der Waals surface area contributed by atoms with Gasteiger partial charge < -0.3 is 60.1 Å². The first-order valence-electron chi connectivity index (χ1n) is 46.5. The molecule has 3 aliphatic heterocycles. The van der Waals surface area contributed by atoms with Crippen LogP contribution < -0.4 is 32.7 Å². The molecule has 0 aliphatic carbocycles. The summed E-state index contributed by atoms with van der Waals surface area (Å²) in [5.41, 5.74) is 14.1. The van der Waals surface area contributed by atoms with Crippen molar-refractivity contribution < 1.29 is 109 Å². The molecule has 3 atom stereocenters. The second-order valence-electron chi connectivity index (χ2n) is 38.2. The average Bonchev–Trinajstić information content (AvgIpc) is 1.68. The van der Waals surface area contributed by atoms with E-state index in [4.69, 9.17) is 70.0 Å². The number of aliphatic imine (C=N–C) groups is 3. The van der Waals surface area contributed by atoms with Gasteiger partial charge in [0.1, 0.15) is 22.4 Å². The number of guanidine groups is 3. The number of halogens is 3. The number of amides is 7. The van der Waals surface area contributed by atoms with Crippen molar-refractivity contribution in [3.05, 3.63) is 316 Å². The van der Waals surface area contributed by atoms with Crippen LogP contribution >= 0.6 is 34.8 Å². The number of aromatic carboxylic acids is 2. The first-order valence-corrected chi connectivity index (χ1v) is 52.2. The maximum Gasteiger partial charge on any atom is 0.414 e. The normalized spacial score (nSPS) is 15.0. The Labute approximate surface area is 888 Å². The molecule has 3 saturated heterocycles. The van der Waals surface area contributed by atoms with Crippen LogP contribution in [0.1, 0.15) is 207 Å². The molecule has 38 nitrogen and oxygen atoms in total. The fourth-order valence-corrected chi connectivity index (χ4v) is 18.9. The highest BCUT2D eigenvalue weighted by Gasteiger charge is 2.40. The first kappa shape index (κ1) is 119. The number of methoxy groups -OCH3 is 1. The van der Waals surface area contributed by atoms with Crippen molar-refractivity contribution >= 4 is 178 Å². The van der Waals surface area contributed by atoms with Crippen molar-refractivity contribution in [1.82, 2.24) is 48.9 Å². The molecule has 3 heterocycles. The number of nitrogens with one attached hydrogen (secondary N) is 4. The number of alkyl carbamates (subject to hydrolysis) is 4. The summed E-state index contributed by atoms with van der Waals surface area (Å²) in [5.74, 6) is -4.40. The van der Waals surface area contributed by atoms with Gasteiger partial charge in [-0.25, -0.2) is 73.8 Å². The molecular formula is C106H124Cl3N15O23S3. The minimum Gasteiger partial charge on any atom is -0.478 e. The number of nitrogens with two attached hydrogens (primary N) is 2. The number of carbonyl (C=O) groups is 10. The molecule has 3 unspecified atom stereocenters. The van der Waals surface area contributed by atoms with Crippen LogP contribution in [0.15, 0.2) is 250 Å². The fraction of sp³-hybridized carbons (Fsp3) is 0.311. The van der Waals surface area contributed by atoms with E-state index in [0.717, 1.165) is 16.2 Å². The Kier molecular flexibility index (Phi) is 41.6. The standard InChI is InChI=1S/C39H46ClN5O9S.C38H44ClN5O9S.C28H28ClN5O5S.CH4.H2/c1-38(2,3)53-36(48)42-35(43-37(49)54-39(4,5)6)41-31-18-14-28(15-19-31)33(46)45(24-27-8-12-29(13-9-27)34(47)52-7)32-20-22-44(25-32)55(50,51)23-21-26-10-16-30(40)17-11-26;1-37(2,3)52-35(48)41-34(42-36(49)53-38(4,5)6)40-30-17-13-27(14-18-30)32(45)44(23-26-7-11-28(12-8-26)33(46)47)31-19-21-43(24-31)54(50,51)22-20-25-9-15-29(39)16-10-25;29-23-9-3-19(4-10-23)14-16-40(38,39)33-15-13-25(18-33)34(17-20-1-5-22(6-2-20)27(36)37)26(35)21-7-11-24(12-8-21)32-28(30)31;;/h8-19,21,23,32H,20,22,24-25H2,1-7H3,(H2,41,42,43,48,49);7-18,20,22,31H,19,21,23-24H2,1-6H3,(H,46,47)(H2,40,41,42,48,49);1-12,14,16,25H,13,15,17-18H2,(H,36,37)(H4,30,31,32);1H4;1H/b23-21+;22-20+;16-14+;;. The molecule has 3 aliphatic rings. The highest BCUT2D eigenvalue weighted by Crippen LogP contribution is 2.32. The van der Waals surface area contributed by atoms with Crippen LogP contribution in [0, 0.1) is 0 Å². The number of rotatable bonds is 27. The van der Waals surface area contributed by atoms with Gasteiger partial charge >= 0.3 is 42.3 Å². The lowest BCUT2D eigenvalue weighted by Gasteiger charge is -2.29. The largest absolute Gasteiger partial charge is 0.478 e. The third-order valence-electron chi connectivity index (χ3n) is 21.9. The lowest BCUT2D eigenvalue weighted by molar-refractivity contribution is 0.0521. The Morgan fingerprint density at radius 2 is 0.593 bits per heavy atom. The van der Waals surface area contributed by atoms with Crippen molar-refractivity contribution in [2.75, 3.05) is 46.4 Å². The van der Waals surface area contributed by atoms with Gasteiger partial charge in [0.05, 0.1) is 40.9 Å². The van der Waals surface area contributed by atoms with E-state index in [1.54, 1.807) is 243 Å². The lowest BCUT2D eigenvalue weighted by Crippen LogP contribution is -2.47. The SMILES string of the molecule is C.CC(C)(C)OC(=O)NC(=Nc1ccc(C(=O)N(Cc2ccc(C(=O)O)cc2)C2CCN(S(=O)(=O)/C=C/c3ccc(Cl)cc3)C2)cc1)NC(=O)OC(C)(C)C.COC(=O)c1ccc(CN(C(=O)c2ccc(N=C(NC(=O)OC(C)(C)C)NC(=O)OC(C)(C)C)cc2)C2CCN(S(=O)(=O)/C=C/c3ccc(Cl)cc3)C2)cc1.NC(N)=Nc1ccc(C(=O)N(Cc2ccc(C(=O)O)cc2)C2CCN(S(=O)(=O)/C=C/c3ccc(Cl)cc3)C2)cc1.[HH]. The van der Waals surface area contributed by atoms with Crippen LogP contribution in [0.4, 0.5) is 36.2 Å². The predicted molar refractivity (Wildman–Crippen MR) is 578 cm³/mol. The van der Waals surface area contributed by atoms with Crippen LogP contribution in [-0.2, 0) is 73.4 Å². The van der Waals surface area contributed by atoms with E-state index in [9.17, 15) is 83.4 Å². The monoisotopic (exact) mass is 2180 g/mol. The summed E-state index contributed by atoms with van der Waals surface area (Å²) in [6.07, 6.45) is 2.16. The minimum atomic E-state index is -3.84. The van der Waals surface area contributed by atoms with Gasteiger partial charge in [0.15, 0.2) is 5.96 Å². The van der Waals surface area contributed by atoms with Gasteiger partial charge in [0.2, 0.25) is 42.0 Å². The molecule has 9 aromatic rings. The van der Waals surface area contributed by atoms with Crippen molar-refractivity contribution in [3.8, 4) is 0 Å². The van der Waals surface area contributed by atoms with E-state index in [0.29, 0.717) is 84.5 Å². The van der Waals surface area contributed by atoms with Crippen LogP contribution in [0.5, 0.6) is 0 Å². The molecule has 44 heteroatoms. The number of nitrogens with zero attached hydrogens (tertiary/aromatic N) is 9. The smallest absolute Gasteiger partial charge is 0.414 e. The van der Waals surface area contributed by atoms with Gasteiger partial charge in [0, 0.05) is 126 Å². The van der Waals surface area contributed by atoms with E-state index in [2.05, 4.69) is 36.2 Å². The van der Waals surface area contributed by atoms with E-state index in [1.165, 1.54) is 111 Å². The number of carboxylic acids is 2. The number of hydrogen-bond donors (Lipinski definition) is 8. The zero-order valence-corrected chi connectivity index (χ0v) is 88.7. The van der Waals surface area contributed by atoms with E-state index in [-0.39, 0.29) is 131 Å². The third-order valence-corrected chi connectivity index (χ3v) is 27.2. The molecular weight excluding hydrogens is 2050 g/mol. The lowest BCUT2D eigenvalue weighted by atomic mass is 10.1. The highest BCUT2D eigenvalue weighted by atomic mass is 35.5. The van der Waals surface area contributed by atoms with Crippen molar-refractivity contribution in [1.29, 1.82) is 0 Å². The number of sulfonamides is 3.